The van der Waals surface area contributed by atoms with Gasteiger partial charge >= 0.3 is 6.03 Å². The Morgan fingerprint density at radius 2 is 1.25 bits per heavy atom. The molecule has 0 saturated carbocycles. The Morgan fingerprint density at radius 1 is 0.684 bits per heavy atom. The number of aliphatic imine (C=N–C) groups is 1. The summed E-state index contributed by atoms with van der Waals surface area (Å²) < 4.78 is 0. The van der Waals surface area contributed by atoms with Crippen molar-refractivity contribution in [2.24, 2.45) is 22.2 Å². The van der Waals surface area contributed by atoms with Crippen LogP contribution in [0.25, 0.3) is 10.9 Å². The van der Waals surface area contributed by atoms with Crippen molar-refractivity contribution in [1.29, 1.82) is 0 Å². The first-order valence-corrected chi connectivity index (χ1v) is 25.2. The molecule has 16 N–H and O–H groups in total. The average Bonchev–Trinajstić information content (AvgIpc) is 4.10. The van der Waals surface area contributed by atoms with Crippen molar-refractivity contribution in [1.82, 2.24) is 62.4 Å². The molecule has 5 rings (SSSR count). The number of thiol groups is 2. The van der Waals surface area contributed by atoms with Crippen molar-refractivity contribution in [3.63, 3.8) is 0 Å². The van der Waals surface area contributed by atoms with Gasteiger partial charge in [-0.25, -0.2) is 9.78 Å². The van der Waals surface area contributed by atoms with Crippen LogP contribution >= 0.6 is 25.3 Å². The van der Waals surface area contributed by atoms with Crippen LogP contribution in [0.15, 0.2) is 78.3 Å². The van der Waals surface area contributed by atoms with Crippen LogP contribution in [-0.2, 0) is 62.4 Å². The number of para-hydroxylation sites is 1. The molecule has 4 aromatic rings. The van der Waals surface area contributed by atoms with Crippen LogP contribution in [0.3, 0.4) is 0 Å². The number of imidazole rings is 1. The van der Waals surface area contributed by atoms with E-state index in [1.165, 1.54) is 33.3 Å². The van der Waals surface area contributed by atoms with Gasteiger partial charge in [0, 0.05) is 66.3 Å². The van der Waals surface area contributed by atoms with Crippen LogP contribution in [0.4, 0.5) is 4.79 Å². The molecule has 0 spiro atoms. The van der Waals surface area contributed by atoms with E-state index in [0.717, 1.165) is 10.9 Å². The number of nitrogens with two attached hydrogens (primary N) is 3. The zero-order chi connectivity index (χ0) is 55.7. The molecule has 28 heteroatoms. The Morgan fingerprint density at radius 3 is 1.84 bits per heavy atom. The average molecular weight is 1090 g/mol. The first-order valence-electron chi connectivity index (χ1n) is 24.0. The molecule has 1 fully saturated rings. The topological polar surface area (TPSA) is 405 Å². The molecule has 11 amide bonds. The van der Waals surface area contributed by atoms with E-state index in [1.54, 1.807) is 42.6 Å². The molecule has 26 nitrogen and oxygen atoms in total. The molecule has 7 atom stereocenters. The first-order chi connectivity index (χ1) is 36.1. The van der Waals surface area contributed by atoms with Gasteiger partial charge in [0.2, 0.25) is 47.3 Å². The number of nitrogens with one attached hydrogen (secondary N) is 10. The summed E-state index contributed by atoms with van der Waals surface area (Å²) in [5, 5.41) is 21.4. The van der Waals surface area contributed by atoms with E-state index in [9.17, 15) is 47.9 Å². The first kappa shape index (κ1) is 58.7. The lowest BCUT2D eigenvalue weighted by atomic mass is 10.0. The van der Waals surface area contributed by atoms with E-state index in [-0.39, 0.29) is 56.1 Å². The van der Waals surface area contributed by atoms with Crippen molar-refractivity contribution < 1.29 is 47.9 Å². The number of fused-ring (bicyclic) bond motifs is 1. The third kappa shape index (κ3) is 16.7. The number of hydrogen-bond donors (Lipinski definition) is 15. The third-order valence-corrected chi connectivity index (χ3v) is 12.7. The number of carbonyl (C=O) groups excluding carboxylic acids is 10. The number of guanidine groups is 1. The summed E-state index contributed by atoms with van der Waals surface area (Å²) in [5.41, 5.74) is 17.8. The van der Waals surface area contributed by atoms with Crippen LogP contribution < -0.4 is 59.7 Å². The minimum absolute atomic E-state index is 0.0467. The summed E-state index contributed by atoms with van der Waals surface area (Å²) in [6.07, 6.45) is 4.15. The van der Waals surface area contributed by atoms with Gasteiger partial charge in [0.1, 0.15) is 54.4 Å². The molecule has 408 valence electrons. The summed E-state index contributed by atoms with van der Waals surface area (Å²) in [5.74, 6) is -7.96. The summed E-state index contributed by atoms with van der Waals surface area (Å²) in [6, 6.07) is 5.71. The van der Waals surface area contributed by atoms with Crippen molar-refractivity contribution in [3.05, 3.63) is 90.1 Å². The van der Waals surface area contributed by atoms with Gasteiger partial charge in [-0.05, 0) is 50.8 Å². The van der Waals surface area contributed by atoms with E-state index in [4.69, 9.17) is 17.2 Å². The number of nitrogens with zero attached hydrogens (tertiary/aromatic N) is 3. The number of benzene rings is 2. The highest BCUT2D eigenvalue weighted by atomic mass is 32.1. The highest BCUT2D eigenvalue weighted by molar-refractivity contribution is 7.80. The van der Waals surface area contributed by atoms with E-state index >= 15 is 0 Å². The van der Waals surface area contributed by atoms with E-state index in [1.807, 2.05) is 18.2 Å². The van der Waals surface area contributed by atoms with Crippen LogP contribution in [0, 0.1) is 0 Å². The second kappa shape index (κ2) is 27.4. The van der Waals surface area contributed by atoms with Crippen molar-refractivity contribution >= 4 is 101 Å². The van der Waals surface area contributed by atoms with Gasteiger partial charge in [-0.3, -0.25) is 53.0 Å². The number of carbonyl (C=O) groups is 10. The molecule has 0 radical (unpaired) electrons. The number of hydrogen-bond acceptors (Lipinski definition) is 14. The molecule has 2 aromatic carbocycles. The van der Waals surface area contributed by atoms with E-state index in [0.29, 0.717) is 21.7 Å². The number of urea groups is 1. The van der Waals surface area contributed by atoms with Crippen LogP contribution in [-0.4, -0.2) is 157 Å². The smallest absolute Gasteiger partial charge is 0.325 e. The van der Waals surface area contributed by atoms with Gasteiger partial charge < -0.3 is 69.7 Å². The maximum absolute atomic E-state index is 14.6. The molecular formula is C48H64N16O10S2. The maximum atomic E-state index is 14.6. The van der Waals surface area contributed by atoms with Crippen molar-refractivity contribution in [2.45, 2.75) is 101 Å². The Bertz CT molecular complexity index is 2770. The van der Waals surface area contributed by atoms with Gasteiger partial charge in [0.15, 0.2) is 5.96 Å². The number of rotatable bonds is 28. The summed E-state index contributed by atoms with van der Waals surface area (Å²) in [7, 11) is 0. The van der Waals surface area contributed by atoms with Gasteiger partial charge in [0.25, 0.3) is 5.91 Å². The number of amides is 11. The maximum Gasteiger partial charge on any atom is 0.325 e. The minimum Gasteiger partial charge on any atom is -0.370 e. The van der Waals surface area contributed by atoms with Gasteiger partial charge in [-0.1, -0.05) is 48.5 Å². The molecule has 3 heterocycles. The molecule has 76 heavy (non-hydrogen) atoms. The molecule has 0 bridgehead atoms. The normalized spacial score (nSPS) is 15.6. The fourth-order valence-electron chi connectivity index (χ4n) is 7.90. The largest absolute Gasteiger partial charge is 0.370 e. The van der Waals surface area contributed by atoms with Crippen LogP contribution in [0.1, 0.15) is 50.4 Å². The predicted octanol–water partition coefficient (Wildman–Crippen LogP) is -2.94. The van der Waals surface area contributed by atoms with Crippen LogP contribution in [0.2, 0.25) is 0 Å². The lowest BCUT2D eigenvalue weighted by molar-refractivity contribution is -0.136. The lowest BCUT2D eigenvalue weighted by Gasteiger charge is -2.27. The minimum atomic E-state index is -1.42. The Balaban J connectivity index is 1.36. The molecular weight excluding hydrogens is 1020 g/mol. The standard InChI is InChI=1S/C48H64N16O10S2/c1-25(56-44(72)36(23-76)57-37(65)21-64-45(73)48(2,3)63-47(64)74)39(67)59-34(18-28-20-52-24-55-28)43(71)60-32(16-26-10-5-4-6-11-26)41(69)58-31(14-9-15-53-46(50)51)40(68)61-33(42(70)62-35(22-75)38(49)66)17-27-19-54-30-13-8-7-12-29(27)30/h4-8,10-13,19-20,24-25,31-36,54,75-76H,9,14-18,21-23H2,1-3H3,(H2,49,66)(H,52,55)(H,56,72)(H,57,65)(H,58,69)(H,59,67)(H,60,71)(H,61,68)(H,62,70)(H,63,74)(H4,50,51,53)/t25-,31+,32-,33+,34+,35+,36+/m0/s1. The zero-order valence-corrected chi connectivity index (χ0v) is 43.7. The van der Waals surface area contributed by atoms with Crippen molar-refractivity contribution in [3.8, 4) is 0 Å². The van der Waals surface area contributed by atoms with E-state index in [2.05, 4.69) is 87.7 Å². The summed E-state index contributed by atoms with van der Waals surface area (Å²) >= 11 is 8.30. The molecule has 0 unspecified atom stereocenters. The Hall–Kier alpha value is -8.14. The SMILES string of the molecule is C[C@H](NC(=O)[C@@H](CS)NC(=O)CN1C(=O)NC(C)(C)C1=O)C(=O)N[C@H](Cc1cnc[nH]1)C(=O)N[C@@H](Cc1ccccc1)C(=O)N[C@H](CCCN=C(N)N)C(=O)N[C@H](Cc1c[nH]c2ccccc12)C(=O)N[C@H](CS)C(N)=O. The number of H-pyrrole nitrogens is 2. The quantitative estimate of drug-likeness (QED) is 0.00892. The summed E-state index contributed by atoms with van der Waals surface area (Å²) in [4.78, 5) is 149. The van der Waals surface area contributed by atoms with E-state index < -0.39 is 114 Å². The predicted molar refractivity (Wildman–Crippen MR) is 285 cm³/mol. The number of aromatic nitrogens is 3. The Kier molecular flexibility index (Phi) is 21.2. The lowest BCUT2D eigenvalue weighted by Crippen LogP contribution is -2.60. The van der Waals surface area contributed by atoms with Gasteiger partial charge in [0.05, 0.1) is 6.33 Å². The highest BCUT2D eigenvalue weighted by Gasteiger charge is 2.45. The molecule has 0 aliphatic carbocycles. The van der Waals surface area contributed by atoms with Gasteiger partial charge in [-0.2, -0.15) is 25.3 Å². The van der Waals surface area contributed by atoms with Crippen molar-refractivity contribution in [2.75, 3.05) is 24.6 Å². The second-order valence-corrected chi connectivity index (χ2v) is 19.1. The highest BCUT2D eigenvalue weighted by Crippen LogP contribution is 2.20. The third-order valence-electron chi connectivity index (χ3n) is 12.0. The molecule has 2 aromatic heterocycles. The molecule has 1 saturated heterocycles. The molecule has 1 aliphatic rings. The molecule has 1 aliphatic heterocycles. The fraction of sp³-hybridized carbons (Fsp3) is 0.417. The monoisotopic (exact) mass is 1090 g/mol. The second-order valence-electron chi connectivity index (χ2n) is 18.4. The van der Waals surface area contributed by atoms with Gasteiger partial charge in [-0.15, -0.1) is 0 Å². The zero-order valence-electron chi connectivity index (χ0n) is 41.9. The number of imide groups is 1. The number of aromatic amines is 2. The number of primary amides is 1. The Labute approximate surface area is 447 Å². The summed E-state index contributed by atoms with van der Waals surface area (Å²) in [6.45, 7) is 3.62. The fourth-order valence-corrected chi connectivity index (χ4v) is 8.43. The van der Waals surface area contributed by atoms with Crippen LogP contribution in [0.5, 0.6) is 0 Å².